The van der Waals surface area contributed by atoms with Crippen LogP contribution in [0.3, 0.4) is 0 Å². The third-order valence-corrected chi connectivity index (χ3v) is 5.47. The number of amides is 1. The molecule has 0 aliphatic rings. The molecule has 1 N–H and O–H groups in total. The van der Waals surface area contributed by atoms with E-state index in [2.05, 4.69) is 22.7 Å². The van der Waals surface area contributed by atoms with Gasteiger partial charge in [0, 0.05) is 34.8 Å². The summed E-state index contributed by atoms with van der Waals surface area (Å²) in [7, 11) is 0. The molecule has 0 spiro atoms. The number of nitro groups is 1. The maximum atomic E-state index is 12.3. The standard InChI is InChI=1S/C23H21N3O3S/c1-17(21-8-5-9-22(14-21)26(28)29)24-25-23(27)20-12-10-19(11-13-20)16-30-15-18-6-3-2-4-7-18/h2-14H,15-16H2,1H3,(H,25,27)/b24-17-. The number of carbonyl (C=O) groups excluding carboxylic acids is 1. The highest BCUT2D eigenvalue weighted by molar-refractivity contribution is 7.97. The first kappa shape index (κ1) is 21.3. The molecule has 152 valence electrons. The lowest BCUT2D eigenvalue weighted by atomic mass is 10.1. The van der Waals surface area contributed by atoms with Gasteiger partial charge in [-0.2, -0.15) is 16.9 Å². The van der Waals surface area contributed by atoms with Crippen molar-refractivity contribution < 1.29 is 9.72 Å². The Labute approximate surface area is 179 Å². The molecule has 0 unspecified atom stereocenters. The quantitative estimate of drug-likeness (QED) is 0.310. The maximum absolute atomic E-state index is 12.3. The highest BCUT2D eigenvalue weighted by Crippen LogP contribution is 2.18. The van der Waals surface area contributed by atoms with Crippen LogP contribution in [0.2, 0.25) is 0 Å². The van der Waals surface area contributed by atoms with Crippen molar-refractivity contribution >= 4 is 29.1 Å². The molecule has 0 fully saturated rings. The minimum absolute atomic E-state index is 0.0194. The van der Waals surface area contributed by atoms with E-state index in [4.69, 9.17) is 0 Å². The zero-order valence-corrected chi connectivity index (χ0v) is 17.3. The van der Waals surface area contributed by atoms with Gasteiger partial charge >= 0.3 is 0 Å². The Morgan fingerprint density at radius 3 is 2.27 bits per heavy atom. The topological polar surface area (TPSA) is 84.6 Å². The van der Waals surface area contributed by atoms with E-state index in [1.807, 2.05) is 42.1 Å². The number of non-ortho nitro benzene ring substituents is 1. The Balaban J connectivity index is 1.54. The molecule has 6 nitrogen and oxygen atoms in total. The molecule has 3 rings (SSSR count). The molecule has 1 amide bonds. The highest BCUT2D eigenvalue weighted by atomic mass is 32.2. The van der Waals surface area contributed by atoms with Crippen molar-refractivity contribution in [1.29, 1.82) is 0 Å². The fraction of sp³-hybridized carbons (Fsp3) is 0.130. The second kappa shape index (κ2) is 10.4. The SMILES string of the molecule is C/C(=N/NC(=O)c1ccc(CSCc2ccccc2)cc1)c1cccc([N+](=O)[O-])c1. The third-order valence-electron chi connectivity index (χ3n) is 4.40. The van der Waals surface area contributed by atoms with Crippen LogP contribution in [0.1, 0.15) is 34.0 Å². The average molecular weight is 420 g/mol. The number of hydrogen-bond donors (Lipinski definition) is 1. The molecule has 30 heavy (non-hydrogen) atoms. The lowest BCUT2D eigenvalue weighted by molar-refractivity contribution is -0.384. The lowest BCUT2D eigenvalue weighted by Crippen LogP contribution is -2.19. The van der Waals surface area contributed by atoms with Crippen LogP contribution in [-0.4, -0.2) is 16.5 Å². The second-order valence-electron chi connectivity index (χ2n) is 6.62. The number of nitrogens with one attached hydrogen (secondary N) is 1. The monoisotopic (exact) mass is 419 g/mol. The predicted octanol–water partition coefficient (Wildman–Crippen LogP) is 5.18. The van der Waals surface area contributed by atoms with Crippen LogP contribution >= 0.6 is 11.8 Å². The Morgan fingerprint density at radius 2 is 1.60 bits per heavy atom. The summed E-state index contributed by atoms with van der Waals surface area (Å²) in [6, 6.07) is 23.8. The van der Waals surface area contributed by atoms with Crippen molar-refractivity contribution in [3.8, 4) is 0 Å². The van der Waals surface area contributed by atoms with Crippen molar-refractivity contribution in [1.82, 2.24) is 5.43 Å². The second-order valence-corrected chi connectivity index (χ2v) is 7.61. The summed E-state index contributed by atoms with van der Waals surface area (Å²) >= 11 is 1.82. The van der Waals surface area contributed by atoms with Crippen LogP contribution in [-0.2, 0) is 11.5 Å². The molecular formula is C23H21N3O3S. The van der Waals surface area contributed by atoms with E-state index in [-0.39, 0.29) is 11.6 Å². The summed E-state index contributed by atoms with van der Waals surface area (Å²) in [5, 5.41) is 15.0. The first-order valence-electron chi connectivity index (χ1n) is 9.33. The number of nitrogens with zero attached hydrogens (tertiary/aromatic N) is 2. The fourth-order valence-corrected chi connectivity index (χ4v) is 3.68. The number of thioether (sulfide) groups is 1. The summed E-state index contributed by atoms with van der Waals surface area (Å²) in [5.74, 6) is 1.47. The Kier molecular flexibility index (Phi) is 7.34. The number of hydrazone groups is 1. The highest BCUT2D eigenvalue weighted by Gasteiger charge is 2.09. The summed E-state index contributed by atoms with van der Waals surface area (Å²) in [6.45, 7) is 1.69. The van der Waals surface area contributed by atoms with E-state index in [1.165, 1.54) is 17.7 Å². The summed E-state index contributed by atoms with van der Waals surface area (Å²) in [5.41, 5.74) is 6.48. The minimum atomic E-state index is -0.463. The van der Waals surface area contributed by atoms with Crippen LogP contribution in [0, 0.1) is 10.1 Å². The van der Waals surface area contributed by atoms with E-state index in [0.29, 0.717) is 16.8 Å². The van der Waals surface area contributed by atoms with Gasteiger partial charge in [-0.25, -0.2) is 5.43 Å². The number of carbonyl (C=O) groups is 1. The fourth-order valence-electron chi connectivity index (χ4n) is 2.72. The Bertz CT molecular complexity index is 1050. The number of benzene rings is 3. The molecule has 0 radical (unpaired) electrons. The first-order chi connectivity index (χ1) is 14.5. The number of rotatable bonds is 8. The maximum Gasteiger partial charge on any atom is 0.271 e. The van der Waals surface area contributed by atoms with Crippen LogP contribution in [0.15, 0.2) is 84.0 Å². The molecule has 0 aromatic heterocycles. The molecule has 0 aliphatic heterocycles. The molecule has 7 heteroatoms. The zero-order valence-electron chi connectivity index (χ0n) is 16.4. The van der Waals surface area contributed by atoms with E-state index in [0.717, 1.165) is 17.1 Å². The molecule has 3 aromatic rings. The summed E-state index contributed by atoms with van der Waals surface area (Å²) in [4.78, 5) is 22.8. The van der Waals surface area contributed by atoms with Gasteiger partial charge in [0.2, 0.25) is 0 Å². The average Bonchev–Trinajstić information content (AvgIpc) is 2.78. The van der Waals surface area contributed by atoms with E-state index >= 15 is 0 Å². The molecule has 0 saturated heterocycles. The lowest BCUT2D eigenvalue weighted by Gasteiger charge is -2.05. The van der Waals surface area contributed by atoms with Crippen molar-refractivity contribution in [2.45, 2.75) is 18.4 Å². The van der Waals surface area contributed by atoms with Crippen LogP contribution in [0.4, 0.5) is 5.69 Å². The van der Waals surface area contributed by atoms with Gasteiger partial charge in [-0.05, 0) is 30.2 Å². The normalized spacial score (nSPS) is 11.2. The predicted molar refractivity (Wildman–Crippen MR) is 121 cm³/mol. The minimum Gasteiger partial charge on any atom is -0.267 e. The van der Waals surface area contributed by atoms with Crippen LogP contribution < -0.4 is 5.43 Å². The van der Waals surface area contributed by atoms with Gasteiger partial charge in [0.05, 0.1) is 10.6 Å². The van der Waals surface area contributed by atoms with Gasteiger partial charge in [-0.3, -0.25) is 14.9 Å². The molecule has 0 bridgehead atoms. The van der Waals surface area contributed by atoms with Crippen molar-refractivity contribution in [2.75, 3.05) is 0 Å². The van der Waals surface area contributed by atoms with E-state index in [1.54, 1.807) is 31.2 Å². The molecule has 0 saturated carbocycles. The van der Waals surface area contributed by atoms with Gasteiger partial charge in [-0.15, -0.1) is 0 Å². The number of nitro benzene ring substituents is 1. The smallest absolute Gasteiger partial charge is 0.267 e. The third kappa shape index (κ3) is 6.02. The largest absolute Gasteiger partial charge is 0.271 e. The molecule has 0 atom stereocenters. The van der Waals surface area contributed by atoms with Crippen molar-refractivity contribution in [2.24, 2.45) is 5.10 Å². The van der Waals surface area contributed by atoms with Crippen molar-refractivity contribution in [3.63, 3.8) is 0 Å². The Hall–Kier alpha value is -3.45. The summed E-state index contributed by atoms with van der Waals surface area (Å²) < 4.78 is 0. The molecule has 0 aliphatic carbocycles. The van der Waals surface area contributed by atoms with Crippen molar-refractivity contribution in [3.05, 3.63) is 111 Å². The summed E-state index contributed by atoms with van der Waals surface area (Å²) in [6.07, 6.45) is 0. The van der Waals surface area contributed by atoms with Crippen LogP contribution in [0.5, 0.6) is 0 Å². The van der Waals surface area contributed by atoms with Gasteiger partial charge < -0.3 is 0 Å². The van der Waals surface area contributed by atoms with E-state index < -0.39 is 4.92 Å². The first-order valence-corrected chi connectivity index (χ1v) is 10.5. The van der Waals surface area contributed by atoms with Gasteiger partial charge in [0.25, 0.3) is 11.6 Å². The molecule has 3 aromatic carbocycles. The molecule has 0 heterocycles. The van der Waals surface area contributed by atoms with Gasteiger partial charge in [0.15, 0.2) is 0 Å². The van der Waals surface area contributed by atoms with Gasteiger partial charge in [-0.1, -0.05) is 54.6 Å². The van der Waals surface area contributed by atoms with E-state index in [9.17, 15) is 14.9 Å². The number of hydrogen-bond acceptors (Lipinski definition) is 5. The zero-order chi connectivity index (χ0) is 21.3. The Morgan fingerprint density at radius 1 is 0.933 bits per heavy atom. The van der Waals surface area contributed by atoms with Crippen LogP contribution in [0.25, 0.3) is 0 Å². The molecular weight excluding hydrogens is 398 g/mol. The van der Waals surface area contributed by atoms with Gasteiger partial charge in [0.1, 0.15) is 0 Å².